The topological polar surface area (TPSA) is 87.5 Å². The molecular formula is C28H28N4O3S3. The lowest BCUT2D eigenvalue weighted by molar-refractivity contribution is -0.132. The number of aromatic hydroxyl groups is 1. The molecule has 0 bridgehead atoms. The van der Waals surface area contributed by atoms with Crippen molar-refractivity contribution in [2.24, 2.45) is 0 Å². The summed E-state index contributed by atoms with van der Waals surface area (Å²) in [6, 6.07) is 16.0. The summed E-state index contributed by atoms with van der Waals surface area (Å²) in [5.74, 6) is 0.158. The number of benzene rings is 2. The number of nitrogens with zero attached hydrogens (tertiary/aromatic N) is 3. The summed E-state index contributed by atoms with van der Waals surface area (Å²) in [5, 5.41) is 17.2. The largest absolute Gasteiger partial charge is 0.494 e. The minimum absolute atomic E-state index is 0.0578. The van der Waals surface area contributed by atoms with Gasteiger partial charge in [-0.25, -0.2) is 4.98 Å². The number of aryl methyl sites for hydroxylation is 1. The molecule has 2 amide bonds. The van der Waals surface area contributed by atoms with Gasteiger partial charge in [-0.1, -0.05) is 48.0 Å². The standard InChI is InChI=1S/C28H28N4O3S3/c1-18-6-8-19(9-7-18)21-4-2-3-5-22(21)29-26(35)23-16-37-27(30-23)20-10-13-31(14-11-20)24(33)12-15-32-25(34)17-38-28(32)36/h2-9,16-17,20,34H,10-15H2,1H3,(H,29,35). The molecule has 1 fully saturated rings. The van der Waals surface area contributed by atoms with Crippen molar-refractivity contribution in [3.05, 3.63) is 79.5 Å². The monoisotopic (exact) mass is 564 g/mol. The molecule has 3 heterocycles. The van der Waals surface area contributed by atoms with Crippen LogP contribution >= 0.6 is 34.9 Å². The molecule has 0 radical (unpaired) electrons. The molecule has 0 saturated carbocycles. The van der Waals surface area contributed by atoms with Crippen LogP contribution in [0.1, 0.15) is 46.2 Å². The van der Waals surface area contributed by atoms with E-state index in [1.54, 1.807) is 9.95 Å². The van der Waals surface area contributed by atoms with Gasteiger partial charge in [-0.15, -0.1) is 22.7 Å². The van der Waals surface area contributed by atoms with Gasteiger partial charge >= 0.3 is 0 Å². The number of anilines is 1. The van der Waals surface area contributed by atoms with Crippen LogP contribution in [0.3, 0.4) is 0 Å². The molecule has 0 atom stereocenters. The quantitative estimate of drug-likeness (QED) is 0.251. The number of piperidine rings is 1. The van der Waals surface area contributed by atoms with Crippen molar-refractivity contribution < 1.29 is 14.7 Å². The van der Waals surface area contributed by atoms with Crippen LogP contribution in [0.4, 0.5) is 5.69 Å². The van der Waals surface area contributed by atoms with Crippen LogP contribution in [0.15, 0.2) is 59.3 Å². The zero-order valence-electron chi connectivity index (χ0n) is 20.9. The zero-order valence-corrected chi connectivity index (χ0v) is 23.4. The molecule has 0 spiro atoms. The van der Waals surface area contributed by atoms with Gasteiger partial charge in [0.15, 0.2) is 3.95 Å². The number of aromatic nitrogens is 2. The van der Waals surface area contributed by atoms with Crippen LogP contribution in [0.25, 0.3) is 11.1 Å². The summed E-state index contributed by atoms with van der Waals surface area (Å²) in [6.45, 7) is 3.73. The molecule has 7 nitrogen and oxygen atoms in total. The third-order valence-electron chi connectivity index (χ3n) is 6.80. The first kappa shape index (κ1) is 26.3. The molecule has 4 aromatic rings. The van der Waals surface area contributed by atoms with E-state index >= 15 is 0 Å². The van der Waals surface area contributed by atoms with E-state index in [1.807, 2.05) is 41.5 Å². The fourth-order valence-electron chi connectivity index (χ4n) is 4.61. The highest BCUT2D eigenvalue weighted by atomic mass is 32.1. The first-order chi connectivity index (χ1) is 18.4. The SMILES string of the molecule is Cc1ccc(-c2ccccc2NC(=O)c2csc(C3CCN(C(=O)CCn4c(O)csc4=S)CC3)n2)cc1. The Kier molecular flexibility index (Phi) is 8.01. The van der Waals surface area contributed by atoms with Crippen LogP contribution in [-0.4, -0.2) is 44.5 Å². The molecule has 2 aromatic heterocycles. The van der Waals surface area contributed by atoms with Gasteiger partial charge in [0, 0.05) is 48.6 Å². The van der Waals surface area contributed by atoms with Gasteiger partial charge < -0.3 is 15.3 Å². The molecule has 0 aliphatic carbocycles. The molecule has 1 saturated heterocycles. The molecular weight excluding hydrogens is 537 g/mol. The van der Waals surface area contributed by atoms with Crippen molar-refractivity contribution in [3.63, 3.8) is 0 Å². The average Bonchev–Trinajstić information content (AvgIpc) is 3.55. The first-order valence-electron chi connectivity index (χ1n) is 12.5. The summed E-state index contributed by atoms with van der Waals surface area (Å²) >= 11 is 7.99. The number of para-hydroxylation sites is 1. The predicted molar refractivity (Wildman–Crippen MR) is 155 cm³/mol. The minimum atomic E-state index is -0.227. The van der Waals surface area contributed by atoms with Crippen molar-refractivity contribution in [1.29, 1.82) is 0 Å². The molecule has 0 unspecified atom stereocenters. The minimum Gasteiger partial charge on any atom is -0.494 e. The summed E-state index contributed by atoms with van der Waals surface area (Å²) < 4.78 is 2.16. The number of nitrogens with one attached hydrogen (secondary N) is 1. The number of thiazole rings is 2. The van der Waals surface area contributed by atoms with E-state index in [1.165, 1.54) is 28.2 Å². The molecule has 2 N–H and O–H groups in total. The van der Waals surface area contributed by atoms with E-state index in [-0.39, 0.29) is 23.6 Å². The second-order valence-electron chi connectivity index (χ2n) is 9.35. The fourth-order valence-corrected chi connectivity index (χ4v) is 6.56. The Morgan fingerprint density at radius 3 is 2.53 bits per heavy atom. The molecule has 10 heteroatoms. The Labute approximate surface area is 234 Å². The van der Waals surface area contributed by atoms with Gasteiger partial charge in [0.25, 0.3) is 5.91 Å². The third kappa shape index (κ3) is 5.87. The molecule has 5 rings (SSSR count). The Morgan fingerprint density at radius 1 is 1.08 bits per heavy atom. The number of carbonyl (C=O) groups excluding carboxylic acids is 2. The van der Waals surface area contributed by atoms with Crippen LogP contribution in [0.2, 0.25) is 0 Å². The highest BCUT2D eigenvalue weighted by Gasteiger charge is 2.26. The van der Waals surface area contributed by atoms with Gasteiger partial charge in [-0.05, 0) is 43.6 Å². The van der Waals surface area contributed by atoms with Gasteiger partial charge in [0.2, 0.25) is 11.8 Å². The van der Waals surface area contributed by atoms with Gasteiger partial charge in [-0.2, -0.15) is 0 Å². The Morgan fingerprint density at radius 2 is 1.82 bits per heavy atom. The highest BCUT2D eigenvalue weighted by molar-refractivity contribution is 7.73. The van der Waals surface area contributed by atoms with E-state index in [2.05, 4.69) is 34.6 Å². The molecule has 196 valence electrons. The maximum atomic E-state index is 13.1. The molecule has 1 aliphatic rings. The fraction of sp³-hybridized carbons (Fsp3) is 0.286. The van der Waals surface area contributed by atoms with Crippen LogP contribution in [-0.2, 0) is 11.3 Å². The number of amides is 2. The van der Waals surface area contributed by atoms with Crippen LogP contribution in [0, 0.1) is 10.9 Å². The van der Waals surface area contributed by atoms with Crippen molar-refractivity contribution in [3.8, 4) is 17.0 Å². The van der Waals surface area contributed by atoms with E-state index in [0.29, 0.717) is 35.7 Å². The second-order valence-corrected chi connectivity index (χ2v) is 11.7. The smallest absolute Gasteiger partial charge is 0.275 e. The lowest BCUT2D eigenvalue weighted by atomic mass is 9.97. The van der Waals surface area contributed by atoms with Crippen molar-refractivity contribution in [2.45, 2.75) is 38.6 Å². The highest BCUT2D eigenvalue weighted by Crippen LogP contribution is 2.32. The van der Waals surface area contributed by atoms with E-state index in [4.69, 9.17) is 12.2 Å². The maximum Gasteiger partial charge on any atom is 0.275 e. The number of carbonyl (C=O) groups is 2. The normalized spacial score (nSPS) is 14.0. The zero-order chi connectivity index (χ0) is 26.6. The second kappa shape index (κ2) is 11.6. The number of likely N-dealkylation sites (tertiary alicyclic amines) is 1. The number of rotatable bonds is 7. The molecule has 1 aliphatic heterocycles. The van der Waals surface area contributed by atoms with E-state index in [9.17, 15) is 14.7 Å². The number of hydrogen-bond donors (Lipinski definition) is 2. The predicted octanol–water partition coefficient (Wildman–Crippen LogP) is 6.47. The van der Waals surface area contributed by atoms with Gasteiger partial charge in [0.05, 0.1) is 10.4 Å². The van der Waals surface area contributed by atoms with Crippen LogP contribution < -0.4 is 5.32 Å². The summed E-state index contributed by atoms with van der Waals surface area (Å²) in [7, 11) is 0. The summed E-state index contributed by atoms with van der Waals surface area (Å²) in [6.07, 6.45) is 1.91. The molecule has 38 heavy (non-hydrogen) atoms. The molecule has 2 aromatic carbocycles. The lowest BCUT2D eigenvalue weighted by Gasteiger charge is -2.31. The van der Waals surface area contributed by atoms with E-state index in [0.717, 1.165) is 34.7 Å². The maximum absolute atomic E-state index is 13.1. The van der Waals surface area contributed by atoms with Crippen molar-refractivity contribution in [2.75, 3.05) is 18.4 Å². The van der Waals surface area contributed by atoms with Gasteiger partial charge in [0.1, 0.15) is 5.69 Å². The van der Waals surface area contributed by atoms with Crippen LogP contribution in [0.5, 0.6) is 5.88 Å². The lowest BCUT2D eigenvalue weighted by Crippen LogP contribution is -2.38. The number of hydrogen-bond acceptors (Lipinski definition) is 7. The van der Waals surface area contributed by atoms with Crippen molar-refractivity contribution >= 4 is 52.4 Å². The average molecular weight is 565 g/mol. The Bertz CT molecular complexity index is 1500. The first-order valence-corrected chi connectivity index (χ1v) is 14.6. The summed E-state index contributed by atoms with van der Waals surface area (Å²) in [4.78, 5) is 32.3. The van der Waals surface area contributed by atoms with E-state index < -0.39 is 0 Å². The third-order valence-corrected chi connectivity index (χ3v) is 9.07. The van der Waals surface area contributed by atoms with Crippen molar-refractivity contribution in [1.82, 2.24) is 14.5 Å². The van der Waals surface area contributed by atoms with Gasteiger partial charge in [-0.3, -0.25) is 14.2 Å². The Balaban J connectivity index is 1.17. The summed E-state index contributed by atoms with van der Waals surface area (Å²) in [5.41, 5.74) is 4.35. The Hall–Kier alpha value is -3.34.